The largest absolute Gasteiger partial charge is 0.480 e. The minimum Gasteiger partial charge on any atom is -0.480 e. The van der Waals surface area contributed by atoms with Crippen LogP contribution in [-0.4, -0.2) is 46.6 Å². The molecular weight excluding hydrogens is 282 g/mol. The molecule has 8 heteroatoms. The van der Waals surface area contributed by atoms with Crippen LogP contribution in [0.15, 0.2) is 4.90 Å². The van der Waals surface area contributed by atoms with Gasteiger partial charge in [-0.3, -0.25) is 9.89 Å². The highest BCUT2D eigenvalue weighted by molar-refractivity contribution is 7.89. The Hall–Kier alpha value is -1.41. The smallest absolute Gasteiger partial charge is 0.318 e. The molecule has 0 bridgehead atoms. The van der Waals surface area contributed by atoms with Crippen LogP contribution in [0.5, 0.6) is 0 Å². The number of aliphatic carboxylic acids is 1. The summed E-state index contributed by atoms with van der Waals surface area (Å²) in [4.78, 5) is 11.1. The summed E-state index contributed by atoms with van der Waals surface area (Å²) in [7, 11) is -3.84. The molecule has 7 nitrogen and oxygen atoms in total. The molecule has 1 saturated carbocycles. The van der Waals surface area contributed by atoms with Gasteiger partial charge >= 0.3 is 5.97 Å². The predicted molar refractivity (Wildman–Crippen MR) is 71.8 cm³/mol. The van der Waals surface area contributed by atoms with Gasteiger partial charge in [0.2, 0.25) is 10.0 Å². The molecule has 0 saturated heterocycles. The zero-order valence-electron chi connectivity index (χ0n) is 11.6. The minimum atomic E-state index is -3.84. The lowest BCUT2D eigenvalue weighted by atomic mass is 10.2. The van der Waals surface area contributed by atoms with Crippen LogP contribution >= 0.6 is 0 Å². The van der Waals surface area contributed by atoms with Crippen LogP contribution in [0.3, 0.4) is 0 Å². The van der Waals surface area contributed by atoms with Crippen molar-refractivity contribution >= 4 is 16.0 Å². The Morgan fingerprint density at radius 1 is 1.40 bits per heavy atom. The van der Waals surface area contributed by atoms with E-state index < -0.39 is 22.5 Å². The number of aromatic amines is 1. The van der Waals surface area contributed by atoms with Gasteiger partial charge in [0.15, 0.2) is 0 Å². The number of carboxylic acids is 1. The number of carbonyl (C=O) groups is 1. The van der Waals surface area contributed by atoms with Gasteiger partial charge < -0.3 is 5.11 Å². The van der Waals surface area contributed by atoms with Crippen LogP contribution in [0, 0.1) is 13.8 Å². The third kappa shape index (κ3) is 2.71. The Balaban J connectivity index is 2.43. The maximum absolute atomic E-state index is 12.8. The number of hydrogen-bond donors (Lipinski definition) is 2. The molecule has 1 aromatic heterocycles. The van der Waals surface area contributed by atoms with Gasteiger partial charge in [-0.25, -0.2) is 8.42 Å². The normalized spacial score (nSPS) is 16.9. The summed E-state index contributed by atoms with van der Waals surface area (Å²) in [5, 5.41) is 15.5. The molecule has 1 aromatic rings. The monoisotopic (exact) mass is 301 g/mol. The number of aromatic nitrogens is 2. The van der Waals surface area contributed by atoms with Crippen molar-refractivity contribution in [1.82, 2.24) is 14.5 Å². The van der Waals surface area contributed by atoms with Crippen molar-refractivity contribution in [3.8, 4) is 0 Å². The molecule has 0 spiro atoms. The molecular formula is C12H19N3O4S. The SMILES string of the molecule is Cc1n[nH]c(C)c1S(=O)(=O)N(CC(=O)O)C1CCCC1. The van der Waals surface area contributed by atoms with Crippen LogP contribution in [0.25, 0.3) is 0 Å². The standard InChI is InChI=1S/C12H19N3O4S/c1-8-12(9(2)14-13-8)20(18,19)15(7-11(16)17)10-5-3-4-6-10/h10H,3-7H2,1-2H3,(H,13,14)(H,16,17). The summed E-state index contributed by atoms with van der Waals surface area (Å²) in [6, 6.07) is -0.232. The molecule has 0 aliphatic heterocycles. The van der Waals surface area contributed by atoms with E-state index in [1.807, 2.05) is 0 Å². The van der Waals surface area contributed by atoms with Crippen LogP contribution in [0.2, 0.25) is 0 Å². The van der Waals surface area contributed by atoms with Crippen molar-refractivity contribution < 1.29 is 18.3 Å². The fraction of sp³-hybridized carbons (Fsp3) is 0.667. The lowest BCUT2D eigenvalue weighted by molar-refractivity contribution is -0.137. The third-order valence-corrected chi connectivity index (χ3v) is 5.81. The molecule has 0 atom stereocenters. The molecule has 0 amide bonds. The van der Waals surface area contributed by atoms with Crippen molar-refractivity contribution in [1.29, 1.82) is 0 Å². The first-order valence-electron chi connectivity index (χ1n) is 6.59. The van der Waals surface area contributed by atoms with Gasteiger partial charge in [-0.2, -0.15) is 9.40 Å². The van der Waals surface area contributed by atoms with E-state index in [-0.39, 0.29) is 10.9 Å². The van der Waals surface area contributed by atoms with E-state index in [9.17, 15) is 13.2 Å². The Labute approximate surface area is 118 Å². The Kier molecular flexibility index (Phi) is 4.14. The predicted octanol–water partition coefficient (Wildman–Crippen LogP) is 1.04. The van der Waals surface area contributed by atoms with Gasteiger partial charge in [0, 0.05) is 6.04 Å². The van der Waals surface area contributed by atoms with E-state index in [4.69, 9.17) is 5.11 Å². The molecule has 20 heavy (non-hydrogen) atoms. The molecule has 2 rings (SSSR count). The maximum Gasteiger partial charge on any atom is 0.318 e. The minimum absolute atomic E-state index is 0.102. The Morgan fingerprint density at radius 2 is 2.00 bits per heavy atom. The summed E-state index contributed by atoms with van der Waals surface area (Å²) in [6.45, 7) is 2.72. The average Bonchev–Trinajstić information content (AvgIpc) is 2.96. The van der Waals surface area contributed by atoms with Crippen LogP contribution < -0.4 is 0 Å². The van der Waals surface area contributed by atoms with Crippen molar-refractivity contribution in [2.45, 2.75) is 50.5 Å². The van der Waals surface area contributed by atoms with Crippen LogP contribution in [0.4, 0.5) is 0 Å². The van der Waals surface area contributed by atoms with Gasteiger partial charge in [0.1, 0.15) is 11.4 Å². The zero-order chi connectivity index (χ0) is 14.9. The Bertz CT molecular complexity index is 583. The van der Waals surface area contributed by atoms with Gasteiger partial charge in [-0.05, 0) is 26.7 Å². The zero-order valence-corrected chi connectivity index (χ0v) is 12.4. The maximum atomic E-state index is 12.8. The van der Waals surface area contributed by atoms with Crippen molar-refractivity contribution in [2.24, 2.45) is 0 Å². The second-order valence-electron chi connectivity index (χ2n) is 5.15. The van der Waals surface area contributed by atoms with Gasteiger partial charge in [0.05, 0.1) is 11.4 Å². The first-order chi connectivity index (χ1) is 9.34. The number of carboxylic acid groups (broad SMARTS) is 1. The summed E-state index contributed by atoms with van der Waals surface area (Å²) < 4.78 is 26.6. The van der Waals surface area contributed by atoms with Gasteiger partial charge in [0.25, 0.3) is 0 Å². The van der Waals surface area contributed by atoms with Crippen LogP contribution in [0.1, 0.15) is 37.1 Å². The summed E-state index contributed by atoms with van der Waals surface area (Å²) in [5.41, 5.74) is 0.812. The quantitative estimate of drug-likeness (QED) is 0.846. The van der Waals surface area contributed by atoms with Gasteiger partial charge in [-0.15, -0.1) is 0 Å². The number of aryl methyl sites for hydroxylation is 2. The number of hydrogen-bond acceptors (Lipinski definition) is 4. The number of sulfonamides is 1. The second-order valence-corrected chi connectivity index (χ2v) is 6.97. The molecule has 0 unspecified atom stereocenters. The Morgan fingerprint density at radius 3 is 2.45 bits per heavy atom. The molecule has 2 N–H and O–H groups in total. The summed E-state index contributed by atoms with van der Waals surface area (Å²) >= 11 is 0. The number of H-pyrrole nitrogens is 1. The third-order valence-electron chi connectivity index (χ3n) is 3.65. The highest BCUT2D eigenvalue weighted by Crippen LogP contribution is 2.30. The molecule has 1 aliphatic rings. The lowest BCUT2D eigenvalue weighted by Gasteiger charge is -2.26. The fourth-order valence-corrected chi connectivity index (χ4v) is 4.74. The van der Waals surface area contributed by atoms with Crippen LogP contribution in [-0.2, 0) is 14.8 Å². The summed E-state index contributed by atoms with van der Waals surface area (Å²) in [5.74, 6) is -1.14. The van der Waals surface area contributed by atoms with E-state index in [1.165, 1.54) is 0 Å². The molecule has 1 aliphatic carbocycles. The van der Waals surface area contributed by atoms with E-state index in [0.29, 0.717) is 24.2 Å². The lowest BCUT2D eigenvalue weighted by Crippen LogP contribution is -2.42. The van der Waals surface area contributed by atoms with Gasteiger partial charge in [-0.1, -0.05) is 12.8 Å². The molecule has 112 valence electrons. The van der Waals surface area contributed by atoms with Crippen molar-refractivity contribution in [3.05, 3.63) is 11.4 Å². The van der Waals surface area contributed by atoms with Crippen molar-refractivity contribution in [3.63, 3.8) is 0 Å². The van der Waals surface area contributed by atoms with E-state index in [0.717, 1.165) is 17.1 Å². The highest BCUT2D eigenvalue weighted by Gasteiger charge is 2.37. The number of rotatable bonds is 5. The first-order valence-corrected chi connectivity index (χ1v) is 8.03. The molecule has 0 radical (unpaired) electrons. The highest BCUT2D eigenvalue weighted by atomic mass is 32.2. The first kappa shape index (κ1) is 15.0. The van der Waals surface area contributed by atoms with E-state index >= 15 is 0 Å². The van der Waals surface area contributed by atoms with E-state index in [2.05, 4.69) is 10.2 Å². The van der Waals surface area contributed by atoms with Crippen molar-refractivity contribution in [2.75, 3.05) is 6.54 Å². The second kappa shape index (κ2) is 5.53. The van der Waals surface area contributed by atoms with E-state index in [1.54, 1.807) is 13.8 Å². The molecule has 1 fully saturated rings. The summed E-state index contributed by atoms with van der Waals surface area (Å²) in [6.07, 6.45) is 3.28. The topological polar surface area (TPSA) is 103 Å². The number of nitrogens with zero attached hydrogens (tertiary/aromatic N) is 2. The number of nitrogens with one attached hydrogen (secondary N) is 1. The molecule has 0 aromatic carbocycles. The molecule has 1 heterocycles. The fourth-order valence-electron chi connectivity index (χ4n) is 2.77. The average molecular weight is 301 g/mol.